The van der Waals surface area contributed by atoms with Gasteiger partial charge in [-0.2, -0.15) is 0 Å². The van der Waals surface area contributed by atoms with Crippen molar-refractivity contribution in [3.05, 3.63) is 20.8 Å². The molecular formula is C13H19BrClN3O2S. The maximum Gasteiger partial charge on any atom is 0.264 e. The van der Waals surface area contributed by atoms with E-state index in [1.807, 2.05) is 6.07 Å². The van der Waals surface area contributed by atoms with Gasteiger partial charge in [-0.25, -0.2) is 0 Å². The third kappa shape index (κ3) is 5.58. The summed E-state index contributed by atoms with van der Waals surface area (Å²) in [6.45, 7) is 0.530. The number of hydrogen-bond acceptors (Lipinski definition) is 4. The monoisotopic (exact) mass is 395 g/mol. The molecule has 1 aliphatic rings. The van der Waals surface area contributed by atoms with E-state index in [1.54, 1.807) is 13.1 Å². The van der Waals surface area contributed by atoms with Crippen LogP contribution in [0.3, 0.4) is 0 Å². The second-order valence-electron chi connectivity index (χ2n) is 5.07. The van der Waals surface area contributed by atoms with Crippen molar-refractivity contribution in [3.63, 3.8) is 0 Å². The van der Waals surface area contributed by atoms with Crippen LogP contribution in [0.15, 0.2) is 15.9 Å². The van der Waals surface area contributed by atoms with Crippen molar-refractivity contribution in [1.29, 1.82) is 0 Å². The minimum absolute atomic E-state index is 0. The number of hydrogen-bond donors (Lipinski definition) is 2. The van der Waals surface area contributed by atoms with Crippen LogP contribution >= 0.6 is 39.7 Å². The van der Waals surface area contributed by atoms with Crippen molar-refractivity contribution >= 4 is 51.5 Å². The topological polar surface area (TPSA) is 75.4 Å². The van der Waals surface area contributed by atoms with Crippen LogP contribution in [0.5, 0.6) is 0 Å². The molecule has 0 aliphatic heterocycles. The van der Waals surface area contributed by atoms with Gasteiger partial charge in [0.15, 0.2) is 0 Å². The van der Waals surface area contributed by atoms with Crippen LogP contribution in [0.2, 0.25) is 0 Å². The molecule has 5 nitrogen and oxygen atoms in total. The molecule has 1 aromatic rings. The molecule has 1 fully saturated rings. The number of rotatable bonds is 6. The van der Waals surface area contributed by atoms with E-state index in [1.165, 1.54) is 16.2 Å². The lowest BCUT2D eigenvalue weighted by molar-refractivity contribution is -0.121. The van der Waals surface area contributed by atoms with Crippen LogP contribution in [0, 0.1) is 5.92 Å². The van der Waals surface area contributed by atoms with Gasteiger partial charge in [0, 0.05) is 19.6 Å². The van der Waals surface area contributed by atoms with E-state index < -0.39 is 0 Å². The molecule has 0 aromatic carbocycles. The molecule has 3 N–H and O–H groups in total. The van der Waals surface area contributed by atoms with Gasteiger partial charge in [-0.15, -0.1) is 23.7 Å². The fraction of sp³-hybridized carbons (Fsp3) is 0.538. The fourth-order valence-electron chi connectivity index (χ4n) is 1.88. The second-order valence-corrected chi connectivity index (χ2v) is 7.53. The lowest BCUT2D eigenvalue weighted by Crippen LogP contribution is -2.43. The molecule has 21 heavy (non-hydrogen) atoms. The number of nitrogens with two attached hydrogens (primary N) is 1. The minimum atomic E-state index is -0.174. The number of thiophene rings is 1. The first-order chi connectivity index (χ1) is 9.47. The van der Waals surface area contributed by atoms with Gasteiger partial charge >= 0.3 is 0 Å². The van der Waals surface area contributed by atoms with Crippen LogP contribution in [0.25, 0.3) is 0 Å². The zero-order valence-electron chi connectivity index (χ0n) is 11.7. The van der Waals surface area contributed by atoms with E-state index in [0.29, 0.717) is 17.3 Å². The largest absolute Gasteiger partial charge is 0.353 e. The Labute approximate surface area is 142 Å². The molecule has 8 heteroatoms. The highest BCUT2D eigenvalue weighted by Gasteiger charge is 2.28. The summed E-state index contributed by atoms with van der Waals surface area (Å²) in [7, 11) is 1.62. The van der Waals surface area contributed by atoms with Gasteiger partial charge in [0.25, 0.3) is 5.91 Å². The van der Waals surface area contributed by atoms with Crippen LogP contribution in [-0.2, 0) is 4.79 Å². The SMILES string of the molecule is CN(CC(=O)NCC(N)C1CC1)C(=O)c1ccc(Br)s1.Cl. The van der Waals surface area contributed by atoms with E-state index in [2.05, 4.69) is 21.2 Å². The van der Waals surface area contributed by atoms with Crippen LogP contribution in [-0.4, -0.2) is 42.9 Å². The van der Waals surface area contributed by atoms with Crippen LogP contribution < -0.4 is 11.1 Å². The Hall–Kier alpha value is -0.630. The van der Waals surface area contributed by atoms with Gasteiger partial charge in [0.2, 0.25) is 5.91 Å². The van der Waals surface area contributed by atoms with Gasteiger partial charge in [0.1, 0.15) is 0 Å². The maximum atomic E-state index is 12.1. The Morgan fingerprint density at radius 3 is 2.71 bits per heavy atom. The summed E-state index contributed by atoms with van der Waals surface area (Å²) in [5.74, 6) is 0.230. The lowest BCUT2D eigenvalue weighted by Gasteiger charge is -2.17. The standard InChI is InChI=1S/C13H18BrN3O2S.ClH/c1-17(13(19)10-4-5-11(14)20-10)7-12(18)16-6-9(15)8-2-3-8;/h4-5,8-9H,2-3,6-7,15H2,1H3,(H,16,18);1H. The Bertz CT molecular complexity index is 507. The summed E-state index contributed by atoms with van der Waals surface area (Å²) < 4.78 is 0.897. The van der Waals surface area contributed by atoms with Gasteiger partial charge in [-0.1, -0.05) is 0 Å². The predicted molar refractivity (Wildman–Crippen MR) is 89.9 cm³/mol. The van der Waals surface area contributed by atoms with Crippen molar-refractivity contribution in [2.45, 2.75) is 18.9 Å². The molecule has 118 valence electrons. The van der Waals surface area contributed by atoms with E-state index in [-0.39, 0.29) is 36.8 Å². The second kappa shape index (κ2) is 8.12. The third-order valence-electron chi connectivity index (χ3n) is 3.27. The number of carbonyl (C=O) groups is 2. The van der Waals surface area contributed by atoms with Gasteiger partial charge in [-0.05, 0) is 46.8 Å². The Balaban J connectivity index is 0.00000220. The number of nitrogens with one attached hydrogen (secondary N) is 1. The van der Waals surface area contributed by atoms with Crippen LogP contribution in [0.4, 0.5) is 0 Å². The summed E-state index contributed by atoms with van der Waals surface area (Å²) >= 11 is 4.67. The van der Waals surface area contributed by atoms with Gasteiger partial charge in [-0.3, -0.25) is 9.59 Å². The zero-order valence-corrected chi connectivity index (χ0v) is 14.9. The van der Waals surface area contributed by atoms with E-state index in [9.17, 15) is 9.59 Å². The molecule has 1 aromatic heterocycles. The maximum absolute atomic E-state index is 12.1. The summed E-state index contributed by atoms with van der Waals surface area (Å²) in [6, 6.07) is 3.60. The highest BCUT2D eigenvalue weighted by atomic mass is 79.9. The Morgan fingerprint density at radius 1 is 1.52 bits per heavy atom. The highest BCUT2D eigenvalue weighted by molar-refractivity contribution is 9.11. The number of likely N-dealkylation sites (N-methyl/N-ethyl adjacent to an activating group) is 1. The lowest BCUT2D eigenvalue weighted by atomic mass is 10.2. The molecule has 2 rings (SSSR count). The average molecular weight is 397 g/mol. The summed E-state index contributed by atoms with van der Waals surface area (Å²) in [5.41, 5.74) is 5.91. The van der Waals surface area contributed by atoms with Crippen molar-refractivity contribution in [3.8, 4) is 0 Å². The first-order valence-electron chi connectivity index (χ1n) is 6.50. The van der Waals surface area contributed by atoms with Gasteiger partial charge in [0.05, 0.1) is 15.2 Å². The zero-order chi connectivity index (χ0) is 14.7. The predicted octanol–water partition coefficient (Wildman–Crippen LogP) is 1.86. The van der Waals surface area contributed by atoms with Crippen molar-refractivity contribution < 1.29 is 9.59 Å². The molecular weight excluding hydrogens is 378 g/mol. The average Bonchev–Trinajstić information content (AvgIpc) is 3.17. The van der Waals surface area contributed by atoms with E-state index in [0.717, 1.165) is 16.6 Å². The quantitative estimate of drug-likeness (QED) is 0.770. The molecule has 0 saturated heterocycles. The number of amides is 2. The normalized spacial score (nSPS) is 15.0. The highest BCUT2D eigenvalue weighted by Crippen LogP contribution is 2.31. The molecule has 0 bridgehead atoms. The molecule has 1 unspecified atom stereocenters. The summed E-state index contributed by atoms with van der Waals surface area (Å²) in [5, 5.41) is 2.78. The van der Waals surface area contributed by atoms with Crippen LogP contribution in [0.1, 0.15) is 22.5 Å². The summed E-state index contributed by atoms with van der Waals surface area (Å²) in [6.07, 6.45) is 2.31. The van der Waals surface area contributed by atoms with Crippen molar-refractivity contribution in [2.75, 3.05) is 20.1 Å². The molecule has 0 radical (unpaired) electrons. The van der Waals surface area contributed by atoms with Gasteiger partial charge < -0.3 is 16.0 Å². The number of halogens is 2. The summed E-state index contributed by atoms with van der Waals surface area (Å²) in [4.78, 5) is 25.9. The minimum Gasteiger partial charge on any atom is -0.353 e. The number of carbonyl (C=O) groups excluding carboxylic acids is 2. The molecule has 1 heterocycles. The first-order valence-corrected chi connectivity index (χ1v) is 8.11. The number of nitrogens with zero attached hydrogens (tertiary/aromatic N) is 1. The molecule has 2 amide bonds. The molecule has 0 spiro atoms. The molecule has 1 atom stereocenters. The first kappa shape index (κ1) is 18.4. The Morgan fingerprint density at radius 2 is 2.19 bits per heavy atom. The van der Waals surface area contributed by atoms with Crippen molar-refractivity contribution in [2.24, 2.45) is 11.7 Å². The smallest absolute Gasteiger partial charge is 0.264 e. The van der Waals surface area contributed by atoms with E-state index in [4.69, 9.17) is 5.73 Å². The molecule has 1 aliphatic carbocycles. The molecule has 1 saturated carbocycles. The van der Waals surface area contributed by atoms with Crippen molar-refractivity contribution in [1.82, 2.24) is 10.2 Å². The van der Waals surface area contributed by atoms with E-state index >= 15 is 0 Å². The third-order valence-corrected chi connectivity index (χ3v) is 4.89. The Kier molecular flexibility index (Phi) is 7.12. The fourth-order valence-corrected chi connectivity index (χ4v) is 3.26.